The second-order valence-corrected chi connectivity index (χ2v) is 2.53. The van der Waals surface area contributed by atoms with Crippen LogP contribution >= 0.6 is 0 Å². The molecule has 0 amide bonds. The van der Waals surface area contributed by atoms with E-state index in [9.17, 15) is 0 Å². The lowest BCUT2D eigenvalue weighted by molar-refractivity contribution is 0.561. The van der Waals surface area contributed by atoms with E-state index in [-0.39, 0.29) is 0 Å². The second kappa shape index (κ2) is 2.48. The highest BCUT2D eigenvalue weighted by atomic mass is 16.3. The van der Waals surface area contributed by atoms with E-state index < -0.39 is 0 Å². The van der Waals surface area contributed by atoms with Gasteiger partial charge in [-0.15, -0.1) is 0 Å². The molecular weight excluding hydrogens is 154 g/mol. The van der Waals surface area contributed by atoms with Crippen LogP contribution in [-0.4, -0.2) is 17.0 Å². The highest BCUT2D eigenvalue weighted by Gasteiger charge is 2.02. The van der Waals surface area contributed by atoms with E-state index in [1.807, 2.05) is 13.1 Å². The summed E-state index contributed by atoms with van der Waals surface area (Å²) in [6.45, 7) is 1.81. The van der Waals surface area contributed by atoms with Crippen molar-refractivity contribution in [3.8, 4) is 0 Å². The molecule has 2 heterocycles. The average molecular weight is 163 g/mol. The predicted octanol–water partition coefficient (Wildman–Crippen LogP) is 1.57. The standard InChI is InChI=1S/C8H9N3O/c1-5-11-8-7(12-5)3-6(9-2)4-10-8/h3-4,9H,1-2H3. The summed E-state index contributed by atoms with van der Waals surface area (Å²) in [4.78, 5) is 8.19. The van der Waals surface area contributed by atoms with Crippen LogP contribution in [0.1, 0.15) is 5.89 Å². The summed E-state index contributed by atoms with van der Waals surface area (Å²) < 4.78 is 5.30. The van der Waals surface area contributed by atoms with Crippen LogP contribution in [0, 0.1) is 6.92 Å². The van der Waals surface area contributed by atoms with Gasteiger partial charge in [-0.1, -0.05) is 0 Å². The van der Waals surface area contributed by atoms with Crippen LogP contribution in [0.25, 0.3) is 11.2 Å². The third-order valence-corrected chi connectivity index (χ3v) is 1.64. The molecule has 0 unspecified atom stereocenters. The van der Waals surface area contributed by atoms with Crippen molar-refractivity contribution in [3.63, 3.8) is 0 Å². The maximum absolute atomic E-state index is 5.30. The van der Waals surface area contributed by atoms with Gasteiger partial charge in [0, 0.05) is 20.0 Å². The van der Waals surface area contributed by atoms with Crippen molar-refractivity contribution in [3.05, 3.63) is 18.2 Å². The van der Waals surface area contributed by atoms with E-state index in [0.29, 0.717) is 11.5 Å². The van der Waals surface area contributed by atoms with Crippen molar-refractivity contribution in [2.75, 3.05) is 12.4 Å². The molecule has 0 saturated heterocycles. The van der Waals surface area contributed by atoms with E-state index >= 15 is 0 Å². The summed E-state index contributed by atoms with van der Waals surface area (Å²) >= 11 is 0. The van der Waals surface area contributed by atoms with Crippen LogP contribution in [0.15, 0.2) is 16.7 Å². The van der Waals surface area contributed by atoms with Crippen LogP contribution in [0.5, 0.6) is 0 Å². The highest BCUT2D eigenvalue weighted by Crippen LogP contribution is 2.16. The molecular formula is C8H9N3O. The first-order valence-corrected chi connectivity index (χ1v) is 3.70. The number of hydrogen-bond donors (Lipinski definition) is 1. The van der Waals surface area contributed by atoms with Gasteiger partial charge in [0.05, 0.1) is 11.9 Å². The second-order valence-electron chi connectivity index (χ2n) is 2.53. The van der Waals surface area contributed by atoms with Gasteiger partial charge >= 0.3 is 0 Å². The molecule has 0 fully saturated rings. The van der Waals surface area contributed by atoms with Crippen molar-refractivity contribution < 1.29 is 4.42 Å². The van der Waals surface area contributed by atoms with Crippen molar-refractivity contribution >= 4 is 16.9 Å². The van der Waals surface area contributed by atoms with Crippen molar-refractivity contribution in [1.29, 1.82) is 0 Å². The zero-order valence-corrected chi connectivity index (χ0v) is 6.96. The fraction of sp³-hybridized carbons (Fsp3) is 0.250. The fourth-order valence-corrected chi connectivity index (χ4v) is 1.06. The smallest absolute Gasteiger partial charge is 0.198 e. The molecule has 0 bridgehead atoms. The molecule has 2 aromatic heterocycles. The van der Waals surface area contributed by atoms with Crippen LogP contribution in [0.2, 0.25) is 0 Å². The van der Waals surface area contributed by atoms with E-state index in [1.165, 1.54) is 0 Å². The molecule has 0 atom stereocenters. The van der Waals surface area contributed by atoms with E-state index in [4.69, 9.17) is 4.42 Å². The molecule has 0 aliphatic heterocycles. The van der Waals surface area contributed by atoms with Crippen molar-refractivity contribution in [2.45, 2.75) is 6.92 Å². The molecule has 12 heavy (non-hydrogen) atoms. The van der Waals surface area contributed by atoms with Crippen molar-refractivity contribution in [1.82, 2.24) is 9.97 Å². The van der Waals surface area contributed by atoms with Crippen LogP contribution in [0.3, 0.4) is 0 Å². The largest absolute Gasteiger partial charge is 0.439 e. The Morgan fingerprint density at radius 3 is 3.08 bits per heavy atom. The number of fused-ring (bicyclic) bond motifs is 1. The maximum Gasteiger partial charge on any atom is 0.198 e. The molecule has 4 heteroatoms. The molecule has 0 aromatic carbocycles. The first kappa shape index (κ1) is 7.09. The Morgan fingerprint density at radius 2 is 2.33 bits per heavy atom. The van der Waals surface area contributed by atoms with Crippen LogP contribution in [-0.2, 0) is 0 Å². The maximum atomic E-state index is 5.30. The molecule has 0 radical (unpaired) electrons. The minimum absolute atomic E-state index is 0.644. The molecule has 4 nitrogen and oxygen atoms in total. The topological polar surface area (TPSA) is 51.0 Å². The molecule has 2 aromatic rings. The number of hydrogen-bond acceptors (Lipinski definition) is 4. The molecule has 0 spiro atoms. The first-order valence-electron chi connectivity index (χ1n) is 3.70. The first-order chi connectivity index (χ1) is 5.79. The number of pyridine rings is 1. The van der Waals surface area contributed by atoms with Gasteiger partial charge in [-0.05, 0) is 0 Å². The van der Waals surface area contributed by atoms with Gasteiger partial charge in [-0.2, -0.15) is 4.98 Å². The lowest BCUT2D eigenvalue weighted by Gasteiger charge is -1.95. The van der Waals surface area contributed by atoms with Crippen LogP contribution < -0.4 is 5.32 Å². The molecule has 62 valence electrons. The number of rotatable bonds is 1. The third kappa shape index (κ3) is 1.01. The molecule has 0 aliphatic rings. The summed E-state index contributed by atoms with van der Waals surface area (Å²) in [5, 5.41) is 2.98. The summed E-state index contributed by atoms with van der Waals surface area (Å²) in [7, 11) is 1.84. The normalized spacial score (nSPS) is 10.5. The zero-order valence-electron chi connectivity index (χ0n) is 6.96. The van der Waals surface area contributed by atoms with Gasteiger partial charge in [0.2, 0.25) is 0 Å². The quantitative estimate of drug-likeness (QED) is 0.693. The zero-order chi connectivity index (χ0) is 8.55. The number of aryl methyl sites for hydroxylation is 1. The Labute approximate surface area is 69.6 Å². The number of anilines is 1. The van der Waals surface area contributed by atoms with Gasteiger partial charge < -0.3 is 9.73 Å². The lowest BCUT2D eigenvalue weighted by atomic mass is 10.4. The van der Waals surface area contributed by atoms with Crippen LogP contribution in [0.4, 0.5) is 5.69 Å². The Hall–Kier alpha value is -1.58. The summed E-state index contributed by atoms with van der Waals surface area (Å²) in [5.41, 5.74) is 2.31. The summed E-state index contributed by atoms with van der Waals surface area (Å²) in [5.74, 6) is 0.644. The van der Waals surface area contributed by atoms with E-state index in [2.05, 4.69) is 15.3 Å². The third-order valence-electron chi connectivity index (χ3n) is 1.64. The summed E-state index contributed by atoms with van der Waals surface area (Å²) in [6, 6.07) is 1.88. The van der Waals surface area contributed by atoms with Gasteiger partial charge in [0.15, 0.2) is 17.1 Å². The predicted molar refractivity (Wildman–Crippen MR) is 46.1 cm³/mol. The van der Waals surface area contributed by atoms with Gasteiger partial charge in [-0.3, -0.25) is 0 Å². The number of aromatic nitrogens is 2. The molecule has 0 saturated carbocycles. The van der Waals surface area contributed by atoms with Gasteiger partial charge in [0.25, 0.3) is 0 Å². The molecule has 2 rings (SSSR count). The van der Waals surface area contributed by atoms with E-state index in [1.54, 1.807) is 13.1 Å². The number of oxazole rings is 1. The molecule has 1 N–H and O–H groups in total. The summed E-state index contributed by atoms with van der Waals surface area (Å²) in [6.07, 6.45) is 1.73. The Bertz CT molecular complexity index is 408. The highest BCUT2D eigenvalue weighted by molar-refractivity contribution is 5.72. The van der Waals surface area contributed by atoms with Gasteiger partial charge in [-0.25, -0.2) is 4.98 Å². The number of nitrogens with zero attached hydrogens (tertiary/aromatic N) is 2. The lowest BCUT2D eigenvalue weighted by Crippen LogP contribution is -1.88. The monoisotopic (exact) mass is 163 g/mol. The Balaban J connectivity index is 2.66. The SMILES string of the molecule is CNc1cnc2nc(C)oc2c1. The Morgan fingerprint density at radius 1 is 1.50 bits per heavy atom. The Kier molecular flexibility index (Phi) is 1.46. The van der Waals surface area contributed by atoms with Crippen molar-refractivity contribution in [2.24, 2.45) is 0 Å². The van der Waals surface area contributed by atoms with Gasteiger partial charge in [0.1, 0.15) is 0 Å². The van der Waals surface area contributed by atoms with E-state index in [0.717, 1.165) is 11.3 Å². The minimum atomic E-state index is 0.644. The fourth-order valence-electron chi connectivity index (χ4n) is 1.06. The average Bonchev–Trinajstić information content (AvgIpc) is 2.43. The minimum Gasteiger partial charge on any atom is -0.439 e. The number of nitrogens with one attached hydrogen (secondary N) is 1. The molecule has 0 aliphatic carbocycles.